The molecule has 0 bridgehead atoms. The highest BCUT2D eigenvalue weighted by atomic mass is 19.1. The lowest BCUT2D eigenvalue weighted by Crippen LogP contribution is -2.75. The molecule has 0 radical (unpaired) electrons. The number of halogens is 1. The molecule has 3 saturated heterocycles. The van der Waals surface area contributed by atoms with E-state index in [0.29, 0.717) is 12.1 Å². The average molecular weight is 475 g/mol. The third kappa shape index (κ3) is 2.68. The van der Waals surface area contributed by atoms with E-state index in [1.807, 2.05) is 6.92 Å². The van der Waals surface area contributed by atoms with Crippen LogP contribution in [0.3, 0.4) is 0 Å². The van der Waals surface area contributed by atoms with Crippen molar-refractivity contribution in [1.29, 1.82) is 0 Å². The van der Waals surface area contributed by atoms with Gasteiger partial charge in [0.1, 0.15) is 0 Å². The fraction of sp³-hybridized carbons (Fsp3) is 0.524. The number of aromatic nitrogens is 1. The van der Waals surface area contributed by atoms with E-state index in [1.54, 1.807) is 17.9 Å². The molecule has 4 aliphatic rings. The topological polar surface area (TPSA) is 146 Å². The third-order valence-corrected chi connectivity index (χ3v) is 7.08. The fourth-order valence-corrected chi connectivity index (χ4v) is 5.81. The van der Waals surface area contributed by atoms with Gasteiger partial charge in [0.15, 0.2) is 17.1 Å². The lowest BCUT2D eigenvalue weighted by molar-refractivity contribution is -0.153. The number of ether oxygens (including phenoxy) is 2. The van der Waals surface area contributed by atoms with E-state index in [1.165, 1.54) is 4.90 Å². The molecule has 0 aliphatic carbocycles. The van der Waals surface area contributed by atoms with Gasteiger partial charge < -0.3 is 28.9 Å². The largest absolute Gasteiger partial charge is 0.372 e. The first-order valence-corrected chi connectivity index (χ1v) is 11.0. The van der Waals surface area contributed by atoms with Gasteiger partial charge in [-0.05, 0) is 25.5 Å². The van der Waals surface area contributed by atoms with E-state index in [4.69, 9.17) is 14.0 Å². The van der Waals surface area contributed by atoms with Crippen molar-refractivity contribution in [3.05, 3.63) is 17.4 Å². The number of carbonyl (C=O) groups excluding carboxylic acids is 3. The molecule has 4 amide bonds. The molecule has 1 spiro atoms. The van der Waals surface area contributed by atoms with E-state index in [9.17, 15) is 19.5 Å². The van der Waals surface area contributed by atoms with E-state index in [2.05, 4.69) is 15.8 Å². The van der Waals surface area contributed by atoms with Crippen molar-refractivity contribution >= 4 is 40.3 Å². The van der Waals surface area contributed by atoms with E-state index in [-0.39, 0.29) is 48.2 Å². The summed E-state index contributed by atoms with van der Waals surface area (Å²) in [6.07, 6.45) is -2.38. The van der Waals surface area contributed by atoms with E-state index < -0.39 is 47.6 Å². The standard InChI is InChI=1S/C21H22FN5O7/c1-8-7-27-13-10(5-11-14(12(13)22)34-25-16(11)26-3-4-32-20(26)31)6-21(15(27)9(2)33-8)17(28)23-19(30)24-18(21)29/h5,8-9,15,20,31H,3-4,6-7H2,1-2H3,(H2,23,24,28,29,30)/t8-,9+,15-,20?/m1/s1. The monoisotopic (exact) mass is 475 g/mol. The SMILES string of the molecule is C[C@@H]1CN2c3c(cc4c(N5CCOC5O)noc4c3F)CC3(C(=O)NC(=O)NC3=O)[C@H]2[C@H](C)O1. The molecule has 4 aliphatic heterocycles. The Morgan fingerprint density at radius 1 is 1.21 bits per heavy atom. The Morgan fingerprint density at radius 3 is 2.62 bits per heavy atom. The minimum Gasteiger partial charge on any atom is -0.372 e. The zero-order valence-corrected chi connectivity index (χ0v) is 18.3. The van der Waals surface area contributed by atoms with Gasteiger partial charge in [-0.2, -0.15) is 0 Å². The van der Waals surface area contributed by atoms with Gasteiger partial charge in [0.25, 0.3) is 0 Å². The number of urea groups is 1. The number of hydrogen-bond donors (Lipinski definition) is 3. The summed E-state index contributed by atoms with van der Waals surface area (Å²) in [6.45, 7) is 4.32. The maximum Gasteiger partial charge on any atom is 0.328 e. The number of nitrogens with one attached hydrogen (secondary N) is 2. The summed E-state index contributed by atoms with van der Waals surface area (Å²) in [5.41, 5.74) is -1.26. The summed E-state index contributed by atoms with van der Waals surface area (Å²) < 4.78 is 32.4. The molecule has 3 fully saturated rings. The summed E-state index contributed by atoms with van der Waals surface area (Å²) in [5, 5.41) is 18.7. The maximum absolute atomic E-state index is 16.0. The van der Waals surface area contributed by atoms with Crippen molar-refractivity contribution < 1.29 is 37.9 Å². The molecule has 5 heterocycles. The van der Waals surface area contributed by atoms with Crippen molar-refractivity contribution in [3.63, 3.8) is 0 Å². The molecule has 6 rings (SSSR count). The van der Waals surface area contributed by atoms with Crippen LogP contribution in [0, 0.1) is 11.2 Å². The highest BCUT2D eigenvalue weighted by Crippen LogP contribution is 2.49. The Balaban J connectivity index is 1.58. The van der Waals surface area contributed by atoms with Gasteiger partial charge in [0.05, 0.1) is 35.9 Å². The van der Waals surface area contributed by atoms with Crippen molar-refractivity contribution in [1.82, 2.24) is 15.8 Å². The maximum atomic E-state index is 16.0. The first kappa shape index (κ1) is 21.3. The number of barbiturate groups is 1. The number of carbonyl (C=O) groups is 3. The van der Waals surface area contributed by atoms with Gasteiger partial charge >= 0.3 is 6.03 Å². The van der Waals surface area contributed by atoms with Gasteiger partial charge in [0, 0.05) is 19.5 Å². The van der Waals surface area contributed by atoms with Crippen LogP contribution >= 0.6 is 0 Å². The number of amides is 4. The van der Waals surface area contributed by atoms with Crippen LogP contribution in [0.25, 0.3) is 11.0 Å². The quantitative estimate of drug-likeness (QED) is 0.481. The second-order valence-electron chi connectivity index (χ2n) is 9.11. The first-order chi connectivity index (χ1) is 16.2. The molecular weight excluding hydrogens is 453 g/mol. The van der Waals surface area contributed by atoms with Gasteiger partial charge in [-0.3, -0.25) is 20.2 Å². The number of morpholine rings is 1. The summed E-state index contributed by atoms with van der Waals surface area (Å²) in [7, 11) is 0. The summed E-state index contributed by atoms with van der Waals surface area (Å²) in [5.74, 6) is -2.02. The molecule has 12 nitrogen and oxygen atoms in total. The van der Waals surface area contributed by atoms with Crippen LogP contribution in [0.4, 0.5) is 20.7 Å². The molecular formula is C21H22FN5O7. The number of anilines is 2. The minimum atomic E-state index is -1.73. The smallest absolute Gasteiger partial charge is 0.328 e. The van der Waals surface area contributed by atoms with Crippen LogP contribution in [0.2, 0.25) is 0 Å². The van der Waals surface area contributed by atoms with Crippen molar-refractivity contribution in [2.45, 2.75) is 44.9 Å². The summed E-state index contributed by atoms with van der Waals surface area (Å²) in [4.78, 5) is 41.4. The van der Waals surface area contributed by atoms with Crippen LogP contribution < -0.4 is 20.4 Å². The second kappa shape index (κ2) is 7.10. The van der Waals surface area contributed by atoms with Gasteiger partial charge in [-0.15, -0.1) is 0 Å². The number of hydrogen-bond acceptors (Lipinski definition) is 10. The predicted molar refractivity (Wildman–Crippen MR) is 112 cm³/mol. The van der Waals surface area contributed by atoms with Crippen molar-refractivity contribution in [2.24, 2.45) is 5.41 Å². The first-order valence-electron chi connectivity index (χ1n) is 11.0. The number of aliphatic hydroxyl groups excluding tert-OH is 1. The lowest BCUT2D eigenvalue weighted by Gasteiger charge is -2.55. The molecule has 4 atom stereocenters. The molecule has 180 valence electrons. The minimum absolute atomic E-state index is 0.109. The summed E-state index contributed by atoms with van der Waals surface area (Å²) in [6, 6.07) is -0.154. The van der Waals surface area contributed by atoms with E-state index in [0.717, 1.165) is 0 Å². The number of imide groups is 2. The van der Waals surface area contributed by atoms with Gasteiger partial charge in [-0.25, -0.2) is 9.18 Å². The number of benzene rings is 1. The number of aliphatic hydroxyl groups is 1. The molecule has 3 N–H and O–H groups in total. The Bertz CT molecular complexity index is 1230. The highest BCUT2D eigenvalue weighted by Gasteiger charge is 2.63. The van der Waals surface area contributed by atoms with Gasteiger partial charge in [-0.1, -0.05) is 5.16 Å². The normalized spacial score (nSPS) is 30.4. The average Bonchev–Trinajstić information content (AvgIpc) is 3.37. The predicted octanol–water partition coefficient (Wildman–Crippen LogP) is -0.0299. The zero-order valence-electron chi connectivity index (χ0n) is 18.3. The van der Waals surface area contributed by atoms with Crippen molar-refractivity contribution in [2.75, 3.05) is 29.5 Å². The van der Waals surface area contributed by atoms with Crippen LogP contribution in [0.5, 0.6) is 0 Å². The fourth-order valence-electron chi connectivity index (χ4n) is 5.81. The lowest BCUT2D eigenvalue weighted by atomic mass is 9.66. The Labute approximate surface area is 191 Å². The zero-order chi connectivity index (χ0) is 23.9. The molecule has 13 heteroatoms. The Kier molecular flexibility index (Phi) is 4.44. The Morgan fingerprint density at radius 2 is 1.94 bits per heavy atom. The number of fused-ring (bicyclic) bond motifs is 5. The van der Waals surface area contributed by atoms with Gasteiger partial charge in [0.2, 0.25) is 23.8 Å². The van der Waals surface area contributed by atoms with Crippen LogP contribution in [0.15, 0.2) is 10.6 Å². The molecule has 2 aromatic rings. The van der Waals surface area contributed by atoms with Crippen LogP contribution in [0.1, 0.15) is 19.4 Å². The third-order valence-electron chi connectivity index (χ3n) is 7.08. The molecule has 1 unspecified atom stereocenters. The van der Waals surface area contributed by atoms with Crippen LogP contribution in [-0.4, -0.2) is 72.5 Å². The molecule has 34 heavy (non-hydrogen) atoms. The Hall–Kier alpha value is -3.29. The second-order valence-corrected chi connectivity index (χ2v) is 9.11. The number of rotatable bonds is 1. The summed E-state index contributed by atoms with van der Waals surface area (Å²) >= 11 is 0. The highest BCUT2D eigenvalue weighted by molar-refractivity contribution is 6.20. The number of nitrogens with zero attached hydrogens (tertiary/aromatic N) is 3. The molecule has 0 saturated carbocycles. The van der Waals surface area contributed by atoms with Crippen molar-refractivity contribution in [3.8, 4) is 0 Å². The van der Waals surface area contributed by atoms with E-state index >= 15 is 4.39 Å². The van der Waals surface area contributed by atoms with Crippen LogP contribution in [-0.2, 0) is 25.5 Å². The molecule has 1 aromatic heterocycles. The molecule has 1 aromatic carbocycles.